The van der Waals surface area contributed by atoms with Gasteiger partial charge in [-0.2, -0.15) is 0 Å². The van der Waals surface area contributed by atoms with Crippen LogP contribution >= 0.6 is 0 Å². The molecule has 0 aliphatic carbocycles. The number of likely N-dealkylation sites (tertiary alicyclic amines) is 1. The van der Waals surface area contributed by atoms with Crippen molar-refractivity contribution in [3.63, 3.8) is 0 Å². The number of hydrogen-bond donors (Lipinski definition) is 1. The molecule has 1 fully saturated rings. The Morgan fingerprint density at radius 3 is 2.82 bits per heavy atom. The topological polar surface area (TPSA) is 28.4 Å². The van der Waals surface area contributed by atoms with Crippen LogP contribution in [0, 0.1) is 12.8 Å². The van der Waals surface area contributed by atoms with Crippen LogP contribution in [0.25, 0.3) is 0 Å². The lowest BCUT2D eigenvalue weighted by Crippen LogP contribution is -2.32. The second-order valence-corrected chi connectivity index (χ2v) is 5.49. The molecule has 2 atom stereocenters. The molecular formula is C14H24N2O. The van der Waals surface area contributed by atoms with Gasteiger partial charge in [-0.1, -0.05) is 13.8 Å². The normalized spacial score (nSPS) is 25.9. The molecular weight excluding hydrogens is 212 g/mol. The SMILES string of the molecule is Cc1ccc(C2C(CNC(C)C)CCN2C)o1. The number of nitrogens with zero attached hydrogens (tertiary/aromatic N) is 1. The van der Waals surface area contributed by atoms with E-state index in [1.165, 1.54) is 6.42 Å². The lowest BCUT2D eigenvalue weighted by molar-refractivity contribution is 0.230. The molecule has 1 aromatic rings. The van der Waals surface area contributed by atoms with Crippen molar-refractivity contribution in [1.29, 1.82) is 0 Å². The molecule has 1 saturated heterocycles. The Morgan fingerprint density at radius 1 is 1.47 bits per heavy atom. The van der Waals surface area contributed by atoms with E-state index in [-0.39, 0.29) is 0 Å². The van der Waals surface area contributed by atoms with Crippen molar-refractivity contribution in [2.45, 2.75) is 39.3 Å². The van der Waals surface area contributed by atoms with E-state index < -0.39 is 0 Å². The van der Waals surface area contributed by atoms with E-state index in [1.54, 1.807) is 0 Å². The first kappa shape index (κ1) is 12.7. The van der Waals surface area contributed by atoms with Crippen molar-refractivity contribution in [1.82, 2.24) is 10.2 Å². The van der Waals surface area contributed by atoms with Crippen molar-refractivity contribution in [3.8, 4) is 0 Å². The van der Waals surface area contributed by atoms with E-state index in [2.05, 4.69) is 43.2 Å². The van der Waals surface area contributed by atoms with Crippen LogP contribution < -0.4 is 5.32 Å². The van der Waals surface area contributed by atoms with Gasteiger partial charge in [0, 0.05) is 12.6 Å². The summed E-state index contributed by atoms with van der Waals surface area (Å²) in [5.41, 5.74) is 0. The Bertz CT molecular complexity index is 359. The zero-order chi connectivity index (χ0) is 12.4. The summed E-state index contributed by atoms with van der Waals surface area (Å²) in [4.78, 5) is 2.41. The highest BCUT2D eigenvalue weighted by Crippen LogP contribution is 2.36. The van der Waals surface area contributed by atoms with Crippen molar-refractivity contribution in [2.24, 2.45) is 5.92 Å². The summed E-state index contributed by atoms with van der Waals surface area (Å²) >= 11 is 0. The highest BCUT2D eigenvalue weighted by Gasteiger charge is 2.34. The number of nitrogens with one attached hydrogen (secondary N) is 1. The van der Waals surface area contributed by atoms with Crippen LogP contribution in [0.2, 0.25) is 0 Å². The fraction of sp³-hybridized carbons (Fsp3) is 0.714. The van der Waals surface area contributed by atoms with Crippen LogP contribution in [-0.2, 0) is 0 Å². The van der Waals surface area contributed by atoms with Gasteiger partial charge in [-0.3, -0.25) is 4.90 Å². The lowest BCUT2D eigenvalue weighted by atomic mass is 9.98. The van der Waals surface area contributed by atoms with E-state index in [0.29, 0.717) is 18.0 Å². The van der Waals surface area contributed by atoms with Gasteiger partial charge in [0.2, 0.25) is 0 Å². The van der Waals surface area contributed by atoms with E-state index >= 15 is 0 Å². The third kappa shape index (κ3) is 2.90. The quantitative estimate of drug-likeness (QED) is 0.871. The van der Waals surface area contributed by atoms with E-state index in [4.69, 9.17) is 4.42 Å². The summed E-state index contributed by atoms with van der Waals surface area (Å²) in [6.07, 6.45) is 1.25. The predicted octanol–water partition coefficient (Wildman–Crippen LogP) is 2.58. The Labute approximate surface area is 104 Å². The molecule has 17 heavy (non-hydrogen) atoms. The molecule has 1 N–H and O–H groups in total. The molecule has 2 unspecified atom stereocenters. The van der Waals surface area contributed by atoms with Gasteiger partial charge in [-0.05, 0) is 45.0 Å². The molecule has 1 aliphatic heterocycles. The fourth-order valence-electron chi connectivity index (χ4n) is 2.69. The van der Waals surface area contributed by atoms with E-state index in [1.807, 2.05) is 6.92 Å². The Morgan fingerprint density at radius 2 is 2.24 bits per heavy atom. The third-order valence-corrected chi connectivity index (χ3v) is 3.61. The van der Waals surface area contributed by atoms with Gasteiger partial charge < -0.3 is 9.73 Å². The highest BCUT2D eigenvalue weighted by molar-refractivity contribution is 5.12. The molecule has 0 amide bonds. The third-order valence-electron chi connectivity index (χ3n) is 3.61. The Balaban J connectivity index is 2.06. The van der Waals surface area contributed by atoms with Crippen LogP contribution in [0.1, 0.15) is 37.8 Å². The molecule has 2 heterocycles. The molecule has 1 aliphatic rings. The summed E-state index contributed by atoms with van der Waals surface area (Å²) in [7, 11) is 2.19. The predicted molar refractivity (Wildman–Crippen MR) is 70.1 cm³/mol. The van der Waals surface area contributed by atoms with Crippen molar-refractivity contribution >= 4 is 0 Å². The summed E-state index contributed by atoms with van der Waals surface area (Å²) in [6.45, 7) is 8.65. The summed E-state index contributed by atoms with van der Waals surface area (Å²) in [5, 5.41) is 3.55. The Kier molecular flexibility index (Phi) is 3.89. The minimum atomic E-state index is 0.440. The maximum absolute atomic E-state index is 5.81. The molecule has 0 aromatic carbocycles. The second-order valence-electron chi connectivity index (χ2n) is 5.49. The van der Waals surface area contributed by atoms with Crippen LogP contribution in [0.4, 0.5) is 0 Å². The minimum absolute atomic E-state index is 0.440. The van der Waals surface area contributed by atoms with Crippen molar-refractivity contribution in [3.05, 3.63) is 23.7 Å². The zero-order valence-corrected chi connectivity index (χ0v) is 11.4. The molecule has 3 nitrogen and oxygen atoms in total. The first-order valence-corrected chi connectivity index (χ1v) is 6.58. The van der Waals surface area contributed by atoms with E-state index in [0.717, 1.165) is 24.6 Å². The maximum atomic E-state index is 5.81. The van der Waals surface area contributed by atoms with Gasteiger partial charge in [-0.25, -0.2) is 0 Å². The maximum Gasteiger partial charge on any atom is 0.121 e. The molecule has 1 aromatic heterocycles. The smallest absolute Gasteiger partial charge is 0.121 e. The van der Waals surface area contributed by atoms with Gasteiger partial charge >= 0.3 is 0 Å². The van der Waals surface area contributed by atoms with Gasteiger partial charge in [0.05, 0.1) is 6.04 Å². The number of aryl methyl sites for hydroxylation is 1. The standard InChI is InChI=1S/C14H24N2O/c1-10(2)15-9-12-7-8-16(4)14(12)13-6-5-11(3)17-13/h5-6,10,12,14-15H,7-9H2,1-4H3. The Hall–Kier alpha value is -0.800. The zero-order valence-electron chi connectivity index (χ0n) is 11.4. The highest BCUT2D eigenvalue weighted by atomic mass is 16.3. The summed E-state index contributed by atoms with van der Waals surface area (Å²) in [6, 6.07) is 5.19. The lowest BCUT2D eigenvalue weighted by Gasteiger charge is -2.24. The van der Waals surface area contributed by atoms with Crippen molar-refractivity contribution < 1.29 is 4.42 Å². The van der Waals surface area contributed by atoms with Crippen molar-refractivity contribution in [2.75, 3.05) is 20.1 Å². The largest absolute Gasteiger partial charge is 0.465 e. The number of hydrogen-bond acceptors (Lipinski definition) is 3. The number of rotatable bonds is 4. The molecule has 96 valence electrons. The minimum Gasteiger partial charge on any atom is -0.465 e. The molecule has 0 bridgehead atoms. The second kappa shape index (κ2) is 5.23. The molecule has 3 heteroatoms. The van der Waals surface area contributed by atoms with Gasteiger partial charge in [0.25, 0.3) is 0 Å². The average Bonchev–Trinajstić information content (AvgIpc) is 2.82. The fourth-order valence-corrected chi connectivity index (χ4v) is 2.69. The van der Waals surface area contributed by atoms with E-state index in [9.17, 15) is 0 Å². The molecule has 0 spiro atoms. The summed E-state index contributed by atoms with van der Waals surface area (Å²) in [5.74, 6) is 2.79. The molecule has 2 rings (SSSR count). The van der Waals surface area contributed by atoms with Crippen LogP contribution in [0.15, 0.2) is 16.5 Å². The van der Waals surface area contributed by atoms with Crippen LogP contribution in [-0.4, -0.2) is 31.1 Å². The van der Waals surface area contributed by atoms with Gasteiger partial charge in [0.1, 0.15) is 11.5 Å². The van der Waals surface area contributed by atoms with Crippen LogP contribution in [0.3, 0.4) is 0 Å². The monoisotopic (exact) mass is 236 g/mol. The van der Waals surface area contributed by atoms with Gasteiger partial charge in [-0.15, -0.1) is 0 Å². The number of furan rings is 1. The average molecular weight is 236 g/mol. The first-order valence-electron chi connectivity index (χ1n) is 6.58. The summed E-state index contributed by atoms with van der Waals surface area (Å²) < 4.78 is 5.81. The first-order chi connectivity index (χ1) is 8.08. The van der Waals surface area contributed by atoms with Gasteiger partial charge in [0.15, 0.2) is 0 Å². The van der Waals surface area contributed by atoms with Crippen LogP contribution in [0.5, 0.6) is 0 Å². The molecule has 0 saturated carbocycles. The molecule has 0 radical (unpaired) electrons.